The van der Waals surface area contributed by atoms with Crippen LogP contribution in [0.2, 0.25) is 0 Å². The molecule has 2 aliphatic rings. The summed E-state index contributed by atoms with van der Waals surface area (Å²) in [4.78, 5) is 47.8. The van der Waals surface area contributed by atoms with Crippen molar-refractivity contribution in [3.05, 3.63) is 42.2 Å². The van der Waals surface area contributed by atoms with Crippen molar-refractivity contribution in [1.29, 1.82) is 0 Å². The van der Waals surface area contributed by atoms with E-state index < -0.39 is 11.6 Å². The van der Waals surface area contributed by atoms with Crippen LogP contribution < -0.4 is 10.6 Å². The van der Waals surface area contributed by atoms with Crippen LogP contribution in [-0.2, 0) is 9.59 Å². The Kier molecular flexibility index (Phi) is 5.72. The van der Waals surface area contributed by atoms with Gasteiger partial charge in [0.25, 0.3) is 5.91 Å². The summed E-state index contributed by atoms with van der Waals surface area (Å²) >= 11 is 1.44. The third-order valence-corrected chi connectivity index (χ3v) is 6.37. The second kappa shape index (κ2) is 8.43. The van der Waals surface area contributed by atoms with E-state index in [0.29, 0.717) is 23.7 Å². The minimum absolute atomic E-state index is 0.0586. The van der Waals surface area contributed by atoms with Crippen LogP contribution in [0.25, 0.3) is 0 Å². The van der Waals surface area contributed by atoms with Crippen molar-refractivity contribution in [2.24, 2.45) is 0 Å². The fourth-order valence-corrected chi connectivity index (χ4v) is 4.72. The summed E-state index contributed by atoms with van der Waals surface area (Å²) in [7, 11) is 0. The fraction of sp³-hybridized carbons (Fsp3) is 0.381. The number of anilines is 1. The van der Waals surface area contributed by atoms with Crippen molar-refractivity contribution in [3.8, 4) is 0 Å². The van der Waals surface area contributed by atoms with Gasteiger partial charge in [0, 0.05) is 35.9 Å². The highest BCUT2D eigenvalue weighted by Gasteiger charge is 2.52. The van der Waals surface area contributed by atoms with Gasteiger partial charge in [0.1, 0.15) is 5.54 Å². The van der Waals surface area contributed by atoms with Gasteiger partial charge < -0.3 is 10.6 Å². The third-order valence-electron chi connectivity index (χ3n) is 5.49. The lowest BCUT2D eigenvalue weighted by Crippen LogP contribution is -2.44. The van der Waals surface area contributed by atoms with E-state index >= 15 is 0 Å². The summed E-state index contributed by atoms with van der Waals surface area (Å²) in [5.41, 5.74) is 0.868. The Morgan fingerprint density at radius 2 is 1.97 bits per heavy atom. The number of aryl methyl sites for hydroxylation is 1. The van der Waals surface area contributed by atoms with Gasteiger partial charge in [-0.25, -0.2) is 14.8 Å². The summed E-state index contributed by atoms with van der Waals surface area (Å²) in [5, 5.41) is 6.35. The second-order valence-corrected chi connectivity index (χ2v) is 8.63. The molecule has 8 nitrogen and oxygen atoms in total. The highest BCUT2D eigenvalue weighted by atomic mass is 32.2. The van der Waals surface area contributed by atoms with E-state index in [4.69, 9.17) is 0 Å². The molecule has 2 heterocycles. The number of carbonyl (C=O) groups excluding carboxylic acids is 3. The summed E-state index contributed by atoms with van der Waals surface area (Å²) in [6.07, 6.45) is 6.67. The number of urea groups is 1. The number of amides is 4. The van der Waals surface area contributed by atoms with Crippen LogP contribution in [0.5, 0.6) is 0 Å². The smallest absolute Gasteiger partial charge is 0.325 e. The quantitative estimate of drug-likeness (QED) is 0.544. The molecule has 1 saturated carbocycles. The van der Waals surface area contributed by atoms with Gasteiger partial charge in [-0.05, 0) is 61.4 Å². The number of benzene rings is 1. The minimum Gasteiger partial charge on any atom is -0.326 e. The molecule has 30 heavy (non-hydrogen) atoms. The average Bonchev–Trinajstić information content (AvgIpc) is 3.28. The maximum atomic E-state index is 12.7. The van der Waals surface area contributed by atoms with E-state index in [1.165, 1.54) is 16.7 Å². The number of carbonyl (C=O) groups is 3. The largest absolute Gasteiger partial charge is 0.326 e. The molecule has 2 fully saturated rings. The molecule has 9 heteroatoms. The number of imide groups is 1. The number of nitrogens with zero attached hydrogens (tertiary/aromatic N) is 3. The number of rotatable bonds is 6. The predicted molar refractivity (Wildman–Crippen MR) is 112 cm³/mol. The summed E-state index contributed by atoms with van der Waals surface area (Å²) in [5.74, 6) is -0.434. The topological polar surface area (TPSA) is 104 Å². The number of hydrogen-bond acceptors (Lipinski definition) is 6. The zero-order valence-electron chi connectivity index (χ0n) is 16.7. The lowest BCUT2D eigenvalue weighted by molar-refractivity contribution is -0.131. The lowest BCUT2D eigenvalue weighted by Gasteiger charge is -2.20. The van der Waals surface area contributed by atoms with Crippen molar-refractivity contribution < 1.29 is 14.4 Å². The zero-order chi connectivity index (χ0) is 21.1. The molecular formula is C21H23N5O3S. The Morgan fingerprint density at radius 1 is 1.23 bits per heavy atom. The van der Waals surface area contributed by atoms with Gasteiger partial charge >= 0.3 is 6.03 Å². The molecule has 0 atom stereocenters. The van der Waals surface area contributed by atoms with E-state index in [2.05, 4.69) is 20.6 Å². The molecule has 1 aliphatic heterocycles. The molecule has 1 saturated heterocycles. The van der Waals surface area contributed by atoms with Crippen LogP contribution >= 0.6 is 11.8 Å². The Hall–Kier alpha value is -2.94. The van der Waals surface area contributed by atoms with Gasteiger partial charge in [0.2, 0.25) is 5.91 Å². The fourth-order valence-electron chi connectivity index (χ4n) is 3.91. The second-order valence-electron chi connectivity index (χ2n) is 7.58. The van der Waals surface area contributed by atoms with Crippen LogP contribution in [-0.4, -0.2) is 44.8 Å². The van der Waals surface area contributed by atoms with Gasteiger partial charge in [-0.2, -0.15) is 0 Å². The first-order valence-corrected chi connectivity index (χ1v) is 10.8. The van der Waals surface area contributed by atoms with Crippen LogP contribution in [0.15, 0.2) is 46.7 Å². The van der Waals surface area contributed by atoms with E-state index in [-0.39, 0.29) is 24.8 Å². The van der Waals surface area contributed by atoms with Gasteiger partial charge in [-0.1, -0.05) is 12.8 Å². The molecule has 1 aromatic carbocycles. The van der Waals surface area contributed by atoms with Crippen molar-refractivity contribution in [2.45, 2.75) is 54.6 Å². The van der Waals surface area contributed by atoms with Crippen LogP contribution in [0.3, 0.4) is 0 Å². The average molecular weight is 426 g/mol. The Bertz CT molecular complexity index is 976. The van der Waals surface area contributed by atoms with Crippen LogP contribution in [0, 0.1) is 6.92 Å². The van der Waals surface area contributed by atoms with Crippen LogP contribution in [0.4, 0.5) is 10.5 Å². The van der Waals surface area contributed by atoms with Crippen molar-refractivity contribution >= 4 is 35.3 Å². The molecule has 1 aromatic heterocycles. The Balaban J connectivity index is 1.33. The molecule has 2 aromatic rings. The maximum absolute atomic E-state index is 12.7. The molecular weight excluding hydrogens is 402 g/mol. The standard InChI is InChI=1S/C21H23N5O3S/c1-14-13-15(30-19-22-10-4-11-23-19)5-6-16(14)24-17(27)7-12-26-18(28)21(25-20(26)29)8-2-3-9-21/h4-6,10-11,13H,2-3,7-9,12H2,1H3,(H,24,27)(H,25,29). The number of aromatic nitrogens is 2. The van der Waals surface area contributed by atoms with Gasteiger partial charge in [0.05, 0.1) is 0 Å². The minimum atomic E-state index is -0.736. The SMILES string of the molecule is Cc1cc(Sc2ncccn2)ccc1NC(=O)CCN1C(=O)NC2(CCCC2)C1=O. The lowest BCUT2D eigenvalue weighted by atomic mass is 9.98. The molecule has 0 unspecified atom stereocenters. The monoisotopic (exact) mass is 425 g/mol. The third kappa shape index (κ3) is 4.16. The Labute approximate surface area is 178 Å². The van der Waals surface area contributed by atoms with Crippen molar-refractivity contribution in [2.75, 3.05) is 11.9 Å². The van der Waals surface area contributed by atoms with E-state index in [1.807, 2.05) is 25.1 Å². The Morgan fingerprint density at radius 3 is 2.67 bits per heavy atom. The van der Waals surface area contributed by atoms with Crippen molar-refractivity contribution in [1.82, 2.24) is 20.2 Å². The molecule has 1 spiro atoms. The molecule has 1 aliphatic carbocycles. The van der Waals surface area contributed by atoms with Gasteiger partial charge in [-0.15, -0.1) is 0 Å². The molecule has 156 valence electrons. The van der Waals surface area contributed by atoms with Gasteiger partial charge in [-0.3, -0.25) is 14.5 Å². The molecule has 4 rings (SSSR count). The predicted octanol–water partition coefficient (Wildman–Crippen LogP) is 3.13. The highest BCUT2D eigenvalue weighted by molar-refractivity contribution is 7.99. The molecule has 0 radical (unpaired) electrons. The summed E-state index contributed by atoms with van der Waals surface area (Å²) in [6.45, 7) is 1.99. The molecule has 4 amide bonds. The van der Waals surface area contributed by atoms with Gasteiger partial charge in [0.15, 0.2) is 5.16 Å². The first-order chi connectivity index (χ1) is 14.5. The van der Waals surface area contributed by atoms with E-state index in [1.54, 1.807) is 18.5 Å². The van der Waals surface area contributed by atoms with E-state index in [0.717, 1.165) is 23.3 Å². The van der Waals surface area contributed by atoms with Crippen molar-refractivity contribution in [3.63, 3.8) is 0 Å². The summed E-state index contributed by atoms with van der Waals surface area (Å²) < 4.78 is 0. The molecule has 2 N–H and O–H groups in total. The number of hydrogen-bond donors (Lipinski definition) is 2. The number of nitrogens with one attached hydrogen (secondary N) is 2. The first-order valence-electron chi connectivity index (χ1n) is 9.96. The zero-order valence-corrected chi connectivity index (χ0v) is 17.5. The molecule has 0 bridgehead atoms. The van der Waals surface area contributed by atoms with Crippen LogP contribution in [0.1, 0.15) is 37.7 Å². The van der Waals surface area contributed by atoms with E-state index in [9.17, 15) is 14.4 Å². The normalized spacial score (nSPS) is 17.4. The summed E-state index contributed by atoms with van der Waals surface area (Å²) in [6, 6.07) is 7.05. The first kappa shape index (κ1) is 20.3. The highest BCUT2D eigenvalue weighted by Crippen LogP contribution is 2.35. The maximum Gasteiger partial charge on any atom is 0.325 e.